The molecule has 2 aromatic rings. The number of anilines is 1. The number of thioether (sulfide) groups is 1. The highest BCUT2D eigenvalue weighted by Gasteiger charge is 2.27. The van der Waals surface area contributed by atoms with E-state index >= 15 is 0 Å². The fourth-order valence-corrected chi connectivity index (χ4v) is 2.70. The summed E-state index contributed by atoms with van der Waals surface area (Å²) in [5.74, 6) is -1.29. The molecule has 0 aliphatic carbocycles. The van der Waals surface area contributed by atoms with Crippen molar-refractivity contribution in [3.63, 3.8) is 0 Å². The van der Waals surface area contributed by atoms with Gasteiger partial charge in [-0.25, -0.2) is 4.39 Å². The summed E-state index contributed by atoms with van der Waals surface area (Å²) in [5, 5.41) is 3.03. The lowest BCUT2D eigenvalue weighted by Gasteiger charge is -2.13. The van der Waals surface area contributed by atoms with Gasteiger partial charge in [-0.15, -0.1) is 11.8 Å². The zero-order valence-corrected chi connectivity index (χ0v) is 13.1. The molecule has 0 spiro atoms. The molecule has 0 bridgehead atoms. The first-order valence-corrected chi connectivity index (χ1v) is 7.72. The average Bonchev–Trinajstić information content (AvgIpc) is 2.51. The quantitative estimate of drug-likeness (QED) is 0.581. The van der Waals surface area contributed by atoms with Crippen molar-refractivity contribution in [2.24, 2.45) is 0 Å². The predicted octanol–water partition coefficient (Wildman–Crippen LogP) is 5.10. The van der Waals surface area contributed by atoms with Gasteiger partial charge in [0.25, 0.3) is 0 Å². The molecule has 7 heteroatoms. The third-order valence-corrected chi connectivity index (χ3v) is 4.12. The van der Waals surface area contributed by atoms with E-state index in [4.69, 9.17) is 4.74 Å². The molecular weight excluding hydrogens is 330 g/mol. The van der Waals surface area contributed by atoms with Crippen LogP contribution in [-0.4, -0.2) is 19.0 Å². The summed E-state index contributed by atoms with van der Waals surface area (Å²) >= 11 is 0.717. The minimum Gasteiger partial charge on any atom is -0.494 e. The van der Waals surface area contributed by atoms with Gasteiger partial charge in [-0.05, 0) is 29.8 Å². The van der Waals surface area contributed by atoms with Gasteiger partial charge in [0.2, 0.25) is 0 Å². The van der Waals surface area contributed by atoms with Gasteiger partial charge in [-0.2, -0.15) is 13.2 Å². The van der Waals surface area contributed by atoms with E-state index in [0.717, 1.165) is 0 Å². The number of hydrogen-bond donors (Lipinski definition) is 1. The molecule has 0 saturated heterocycles. The highest BCUT2D eigenvalue weighted by Crippen LogP contribution is 2.32. The van der Waals surface area contributed by atoms with E-state index in [1.54, 1.807) is 30.3 Å². The molecule has 0 unspecified atom stereocenters. The highest BCUT2D eigenvalue weighted by atomic mass is 32.2. The molecule has 0 aromatic heterocycles. The number of alkyl halides is 3. The van der Waals surface area contributed by atoms with E-state index in [1.165, 1.54) is 19.2 Å². The Morgan fingerprint density at radius 2 is 1.87 bits per heavy atom. The van der Waals surface area contributed by atoms with Gasteiger partial charge in [-0.1, -0.05) is 18.2 Å². The molecule has 0 aliphatic rings. The Bertz CT molecular complexity index is 661. The molecule has 0 atom stereocenters. The maximum atomic E-state index is 13.6. The monoisotopic (exact) mass is 345 g/mol. The molecule has 2 nitrogen and oxygen atoms in total. The van der Waals surface area contributed by atoms with Crippen molar-refractivity contribution in [1.82, 2.24) is 0 Å². The lowest BCUT2D eigenvalue weighted by Crippen LogP contribution is -2.11. The first-order valence-electron chi connectivity index (χ1n) is 6.74. The molecule has 1 N–H and O–H groups in total. The molecule has 2 rings (SSSR count). The maximum absolute atomic E-state index is 13.6. The Labute approximate surface area is 135 Å². The van der Waals surface area contributed by atoms with Crippen molar-refractivity contribution in [1.29, 1.82) is 0 Å². The van der Waals surface area contributed by atoms with Gasteiger partial charge >= 0.3 is 6.18 Å². The summed E-state index contributed by atoms with van der Waals surface area (Å²) in [7, 11) is 1.38. The first-order chi connectivity index (χ1) is 10.9. The summed E-state index contributed by atoms with van der Waals surface area (Å²) in [4.78, 5) is 0.499. The summed E-state index contributed by atoms with van der Waals surface area (Å²) in [6.45, 7) is 0.296. The van der Waals surface area contributed by atoms with E-state index in [9.17, 15) is 17.6 Å². The van der Waals surface area contributed by atoms with Crippen LogP contribution >= 0.6 is 11.8 Å². The average molecular weight is 345 g/mol. The van der Waals surface area contributed by atoms with E-state index in [2.05, 4.69) is 5.32 Å². The highest BCUT2D eigenvalue weighted by molar-refractivity contribution is 7.99. The molecule has 23 heavy (non-hydrogen) atoms. The number of benzene rings is 2. The van der Waals surface area contributed by atoms with Crippen LogP contribution in [-0.2, 0) is 6.54 Å². The van der Waals surface area contributed by atoms with Gasteiger partial charge in [0.15, 0.2) is 11.6 Å². The molecule has 0 radical (unpaired) electrons. The minimum atomic E-state index is -4.23. The minimum absolute atomic E-state index is 0.148. The van der Waals surface area contributed by atoms with Crippen LogP contribution in [0.15, 0.2) is 47.4 Å². The van der Waals surface area contributed by atoms with Crippen LogP contribution in [0.5, 0.6) is 5.75 Å². The van der Waals surface area contributed by atoms with Crippen LogP contribution in [0, 0.1) is 5.82 Å². The lowest BCUT2D eigenvalue weighted by atomic mass is 10.2. The number of nitrogens with one attached hydrogen (secondary N) is 1. The molecule has 0 saturated carbocycles. The van der Waals surface area contributed by atoms with Crippen LogP contribution in [0.4, 0.5) is 23.2 Å². The second-order valence-corrected chi connectivity index (χ2v) is 5.74. The zero-order valence-electron chi connectivity index (χ0n) is 12.3. The molecule has 0 amide bonds. The molecule has 2 aromatic carbocycles. The second-order valence-electron chi connectivity index (χ2n) is 4.72. The van der Waals surface area contributed by atoms with Crippen molar-refractivity contribution >= 4 is 17.4 Å². The van der Waals surface area contributed by atoms with Crippen molar-refractivity contribution in [2.45, 2.75) is 17.6 Å². The van der Waals surface area contributed by atoms with Crippen LogP contribution < -0.4 is 10.1 Å². The number of para-hydroxylation sites is 1. The normalized spacial score (nSPS) is 11.3. The van der Waals surface area contributed by atoms with Crippen LogP contribution in [0.2, 0.25) is 0 Å². The number of ether oxygens (including phenoxy) is 1. The van der Waals surface area contributed by atoms with E-state index in [0.29, 0.717) is 34.5 Å². The SMILES string of the molecule is COc1ccc(CNc2ccccc2SCC(F)(F)F)cc1F. The van der Waals surface area contributed by atoms with Gasteiger partial charge in [-0.3, -0.25) is 0 Å². The fraction of sp³-hybridized carbons (Fsp3) is 0.250. The summed E-state index contributed by atoms with van der Waals surface area (Å²) in [6, 6.07) is 11.3. The van der Waals surface area contributed by atoms with Crippen molar-refractivity contribution in [3.05, 3.63) is 53.8 Å². The van der Waals surface area contributed by atoms with E-state index < -0.39 is 17.7 Å². The number of halogens is 4. The van der Waals surface area contributed by atoms with Crippen LogP contribution in [0.25, 0.3) is 0 Å². The van der Waals surface area contributed by atoms with E-state index in [-0.39, 0.29) is 5.75 Å². The second kappa shape index (κ2) is 7.59. The smallest absolute Gasteiger partial charge is 0.398 e. The number of methoxy groups -OCH3 is 1. The number of hydrogen-bond acceptors (Lipinski definition) is 3. The largest absolute Gasteiger partial charge is 0.494 e. The Kier molecular flexibility index (Phi) is 5.76. The topological polar surface area (TPSA) is 21.3 Å². The van der Waals surface area contributed by atoms with Gasteiger partial charge in [0.1, 0.15) is 0 Å². The van der Waals surface area contributed by atoms with Crippen molar-refractivity contribution in [2.75, 3.05) is 18.2 Å². The van der Waals surface area contributed by atoms with Crippen molar-refractivity contribution < 1.29 is 22.3 Å². The standard InChI is InChI=1S/C16H15F4NOS/c1-22-14-7-6-11(8-12(14)17)9-21-13-4-2-3-5-15(13)23-10-16(18,19)20/h2-8,21H,9-10H2,1H3. The third-order valence-electron chi connectivity index (χ3n) is 2.98. The van der Waals surface area contributed by atoms with Crippen LogP contribution in [0.1, 0.15) is 5.56 Å². The summed E-state index contributed by atoms with van der Waals surface area (Å²) in [5.41, 5.74) is 1.25. The number of rotatable bonds is 6. The Morgan fingerprint density at radius 3 is 2.52 bits per heavy atom. The Balaban J connectivity index is 2.04. The predicted molar refractivity (Wildman–Crippen MR) is 83.5 cm³/mol. The molecule has 0 fully saturated rings. The van der Waals surface area contributed by atoms with E-state index in [1.807, 2.05) is 0 Å². The fourth-order valence-electron chi connectivity index (χ4n) is 1.92. The van der Waals surface area contributed by atoms with Gasteiger partial charge in [0.05, 0.1) is 12.9 Å². The van der Waals surface area contributed by atoms with Crippen LogP contribution in [0.3, 0.4) is 0 Å². The summed E-state index contributed by atoms with van der Waals surface area (Å²) in [6.07, 6.45) is -4.23. The molecule has 0 heterocycles. The van der Waals surface area contributed by atoms with Crippen molar-refractivity contribution in [3.8, 4) is 5.75 Å². The third kappa shape index (κ3) is 5.35. The maximum Gasteiger partial charge on any atom is 0.398 e. The molecular formula is C16H15F4NOS. The lowest BCUT2D eigenvalue weighted by molar-refractivity contribution is -0.105. The van der Waals surface area contributed by atoms with Gasteiger partial charge in [0, 0.05) is 17.1 Å². The first kappa shape index (κ1) is 17.5. The zero-order chi connectivity index (χ0) is 16.9. The summed E-state index contributed by atoms with van der Waals surface area (Å²) < 4.78 is 55.5. The Morgan fingerprint density at radius 1 is 1.13 bits per heavy atom. The molecule has 0 aliphatic heterocycles. The molecule has 124 valence electrons. The Hall–Kier alpha value is -1.89. The van der Waals surface area contributed by atoms with Gasteiger partial charge < -0.3 is 10.1 Å².